The van der Waals surface area contributed by atoms with Crippen LogP contribution in [0.3, 0.4) is 0 Å². The second kappa shape index (κ2) is 5.87. The molecule has 2 aromatic rings. The van der Waals surface area contributed by atoms with E-state index in [1.54, 1.807) is 6.20 Å². The number of nitrogens with one attached hydrogen (secondary N) is 2. The van der Waals surface area contributed by atoms with Crippen LogP contribution in [0.25, 0.3) is 0 Å². The lowest BCUT2D eigenvalue weighted by molar-refractivity contribution is 0.816. The minimum Gasteiger partial charge on any atom is -0.384 e. The maximum absolute atomic E-state index is 9.01. The van der Waals surface area contributed by atoms with Gasteiger partial charge in [0.1, 0.15) is 11.9 Å². The van der Waals surface area contributed by atoms with Crippen molar-refractivity contribution >= 4 is 5.69 Å². The molecule has 92 valence electrons. The number of rotatable bonds is 5. The van der Waals surface area contributed by atoms with Gasteiger partial charge in [0.05, 0.1) is 11.3 Å². The summed E-state index contributed by atoms with van der Waals surface area (Å²) >= 11 is 0. The lowest BCUT2D eigenvalue weighted by atomic mass is 10.1. The highest BCUT2D eigenvalue weighted by Gasteiger charge is 2.01. The van der Waals surface area contributed by atoms with E-state index in [1.165, 1.54) is 0 Å². The molecule has 0 amide bonds. The van der Waals surface area contributed by atoms with Crippen molar-refractivity contribution in [1.82, 2.24) is 9.97 Å². The highest BCUT2D eigenvalue weighted by molar-refractivity contribution is 5.58. The summed E-state index contributed by atoms with van der Waals surface area (Å²) in [5, 5.41) is 12.3. The minimum absolute atomic E-state index is 0.693. The molecular weight excluding hydrogens is 224 g/mol. The van der Waals surface area contributed by atoms with Gasteiger partial charge in [-0.2, -0.15) is 5.26 Å². The van der Waals surface area contributed by atoms with E-state index in [4.69, 9.17) is 5.26 Å². The number of hydrogen-bond acceptors (Lipinski definition) is 3. The van der Waals surface area contributed by atoms with Gasteiger partial charge >= 0.3 is 0 Å². The number of aromatic amines is 1. The Labute approximate surface area is 107 Å². The Kier molecular flexibility index (Phi) is 3.98. The third-order valence-corrected chi connectivity index (χ3v) is 2.76. The SMILES string of the molecule is Cc1ccc(C#N)c(NCCCc2ncc[nH]2)c1. The lowest BCUT2D eigenvalue weighted by Gasteiger charge is -2.08. The summed E-state index contributed by atoms with van der Waals surface area (Å²) < 4.78 is 0. The molecule has 1 aromatic heterocycles. The maximum atomic E-state index is 9.01. The third-order valence-electron chi connectivity index (χ3n) is 2.76. The summed E-state index contributed by atoms with van der Waals surface area (Å²) in [6.07, 6.45) is 5.48. The van der Waals surface area contributed by atoms with E-state index in [-0.39, 0.29) is 0 Å². The normalized spacial score (nSPS) is 10.0. The van der Waals surface area contributed by atoms with Crippen molar-refractivity contribution < 1.29 is 0 Å². The molecule has 18 heavy (non-hydrogen) atoms. The number of benzene rings is 1. The van der Waals surface area contributed by atoms with Crippen LogP contribution < -0.4 is 5.32 Å². The molecular formula is C14H16N4. The van der Waals surface area contributed by atoms with Crippen molar-refractivity contribution in [3.05, 3.63) is 47.5 Å². The monoisotopic (exact) mass is 240 g/mol. The summed E-state index contributed by atoms with van der Waals surface area (Å²) in [5.74, 6) is 1.00. The molecule has 0 saturated carbocycles. The fourth-order valence-corrected chi connectivity index (χ4v) is 1.82. The number of anilines is 1. The Morgan fingerprint density at radius 2 is 2.33 bits per heavy atom. The van der Waals surface area contributed by atoms with Crippen LogP contribution in [0.5, 0.6) is 0 Å². The molecule has 0 saturated heterocycles. The van der Waals surface area contributed by atoms with Crippen LogP contribution in [0, 0.1) is 18.3 Å². The molecule has 0 aliphatic heterocycles. The predicted molar refractivity (Wildman–Crippen MR) is 71.3 cm³/mol. The number of nitriles is 1. The van der Waals surface area contributed by atoms with Crippen LogP contribution in [-0.4, -0.2) is 16.5 Å². The minimum atomic E-state index is 0.693. The third kappa shape index (κ3) is 3.11. The van der Waals surface area contributed by atoms with Crippen molar-refractivity contribution in [2.24, 2.45) is 0 Å². The van der Waals surface area contributed by atoms with Gasteiger partial charge in [-0.25, -0.2) is 4.98 Å². The molecule has 0 aliphatic carbocycles. The van der Waals surface area contributed by atoms with E-state index in [9.17, 15) is 0 Å². The van der Waals surface area contributed by atoms with Crippen molar-refractivity contribution in [2.75, 3.05) is 11.9 Å². The van der Waals surface area contributed by atoms with E-state index >= 15 is 0 Å². The van der Waals surface area contributed by atoms with Crippen molar-refractivity contribution in [2.45, 2.75) is 19.8 Å². The lowest BCUT2D eigenvalue weighted by Crippen LogP contribution is -2.05. The van der Waals surface area contributed by atoms with Gasteiger partial charge in [-0.15, -0.1) is 0 Å². The number of nitrogens with zero attached hydrogens (tertiary/aromatic N) is 2. The first-order valence-electron chi connectivity index (χ1n) is 6.02. The fraction of sp³-hybridized carbons (Fsp3) is 0.286. The van der Waals surface area contributed by atoms with E-state index < -0.39 is 0 Å². The second-order valence-corrected chi connectivity index (χ2v) is 4.23. The highest BCUT2D eigenvalue weighted by Crippen LogP contribution is 2.16. The Bertz CT molecular complexity index is 537. The van der Waals surface area contributed by atoms with E-state index in [1.807, 2.05) is 31.3 Å². The fourth-order valence-electron chi connectivity index (χ4n) is 1.82. The van der Waals surface area contributed by atoms with Gasteiger partial charge in [0.15, 0.2) is 0 Å². The highest BCUT2D eigenvalue weighted by atomic mass is 14.9. The Balaban J connectivity index is 1.86. The summed E-state index contributed by atoms with van der Waals surface area (Å²) in [5.41, 5.74) is 2.76. The quantitative estimate of drug-likeness (QED) is 0.790. The van der Waals surface area contributed by atoms with Crippen LogP contribution in [0.4, 0.5) is 5.69 Å². The number of aryl methyl sites for hydroxylation is 2. The topological polar surface area (TPSA) is 64.5 Å². The first kappa shape index (κ1) is 12.2. The van der Waals surface area contributed by atoms with Crippen LogP contribution in [-0.2, 0) is 6.42 Å². The maximum Gasteiger partial charge on any atom is 0.106 e. The first-order valence-corrected chi connectivity index (χ1v) is 6.02. The Morgan fingerprint density at radius 3 is 3.06 bits per heavy atom. The molecule has 2 rings (SSSR count). The van der Waals surface area contributed by atoms with Crippen LogP contribution in [0.1, 0.15) is 23.4 Å². The van der Waals surface area contributed by atoms with Gasteiger partial charge in [-0.05, 0) is 31.0 Å². The van der Waals surface area contributed by atoms with Crippen molar-refractivity contribution in [1.29, 1.82) is 5.26 Å². The predicted octanol–water partition coefficient (Wildman–Crippen LogP) is 2.63. The van der Waals surface area contributed by atoms with Gasteiger partial charge in [0.2, 0.25) is 0 Å². The molecule has 0 radical (unpaired) electrons. The summed E-state index contributed by atoms with van der Waals surface area (Å²) in [4.78, 5) is 7.25. The Morgan fingerprint density at radius 1 is 1.44 bits per heavy atom. The van der Waals surface area contributed by atoms with Gasteiger partial charge in [-0.3, -0.25) is 0 Å². The van der Waals surface area contributed by atoms with Gasteiger partial charge in [0.25, 0.3) is 0 Å². The number of H-pyrrole nitrogens is 1. The Hall–Kier alpha value is -2.28. The van der Waals surface area contributed by atoms with E-state index in [2.05, 4.69) is 21.4 Å². The molecule has 4 heteroatoms. The molecule has 0 fully saturated rings. The average Bonchev–Trinajstić information content (AvgIpc) is 2.88. The number of hydrogen-bond donors (Lipinski definition) is 2. The zero-order valence-corrected chi connectivity index (χ0v) is 10.4. The van der Waals surface area contributed by atoms with Gasteiger partial charge in [0, 0.05) is 25.4 Å². The van der Waals surface area contributed by atoms with Crippen LogP contribution in [0.15, 0.2) is 30.6 Å². The molecule has 0 bridgehead atoms. The van der Waals surface area contributed by atoms with Crippen molar-refractivity contribution in [3.63, 3.8) is 0 Å². The smallest absolute Gasteiger partial charge is 0.106 e. The second-order valence-electron chi connectivity index (χ2n) is 4.23. The van der Waals surface area contributed by atoms with Gasteiger partial charge in [-0.1, -0.05) is 6.07 Å². The molecule has 4 nitrogen and oxygen atoms in total. The van der Waals surface area contributed by atoms with E-state index in [0.29, 0.717) is 5.56 Å². The molecule has 0 atom stereocenters. The summed E-state index contributed by atoms with van der Waals surface area (Å²) in [6.45, 7) is 2.86. The standard InChI is InChI=1S/C14H16N4/c1-11-4-5-12(10-15)13(9-11)16-6-2-3-14-17-7-8-18-14/h4-5,7-9,16H,2-3,6H2,1H3,(H,17,18). The molecule has 2 N–H and O–H groups in total. The zero-order valence-electron chi connectivity index (χ0n) is 10.4. The van der Waals surface area contributed by atoms with Crippen molar-refractivity contribution in [3.8, 4) is 6.07 Å². The molecule has 1 aromatic carbocycles. The average molecular weight is 240 g/mol. The zero-order chi connectivity index (χ0) is 12.8. The largest absolute Gasteiger partial charge is 0.384 e. The molecule has 1 heterocycles. The molecule has 0 aliphatic rings. The van der Waals surface area contributed by atoms with Crippen LogP contribution >= 0.6 is 0 Å². The summed E-state index contributed by atoms with van der Waals surface area (Å²) in [7, 11) is 0. The first-order chi connectivity index (χ1) is 8.79. The number of imidazole rings is 1. The van der Waals surface area contributed by atoms with E-state index in [0.717, 1.165) is 36.5 Å². The number of aromatic nitrogens is 2. The van der Waals surface area contributed by atoms with Gasteiger partial charge < -0.3 is 10.3 Å². The van der Waals surface area contributed by atoms with Crippen LogP contribution in [0.2, 0.25) is 0 Å². The molecule has 0 spiro atoms. The molecule has 0 unspecified atom stereocenters. The summed E-state index contributed by atoms with van der Waals surface area (Å²) in [6, 6.07) is 8.00.